The Morgan fingerprint density at radius 3 is 0.925 bits per heavy atom. The van der Waals surface area contributed by atoms with Crippen LogP contribution in [-0.4, -0.2) is 146 Å². The molecule has 4 radical (unpaired) electrons. The van der Waals surface area contributed by atoms with Gasteiger partial charge in [-0.1, -0.05) is 169 Å². The molecule has 0 aliphatic carbocycles. The quantitative estimate of drug-likeness (QED) is 0.0832. The Morgan fingerprint density at radius 1 is 0.286 bits per heavy atom. The van der Waals surface area contributed by atoms with E-state index in [-0.39, 0.29) is 146 Å². The first-order valence-corrected chi connectivity index (χ1v) is 57.5. The standard InChI is InChI=1S/5C14H9N2.C12H9N4.C10H16P2.2C8H18P2.5Os/c1-2-5-12-10-13(8-7-11(12)4-1)14-6-3-9-15-16-14;4*1-2-6-11(7-3-1)14-10-12-8-4-5-9-13(12)15-16-14;1-8-14-12(16-15-8)11-10-5-3-2-4-9(10)6-7-13-11;1-11(2)9-7-5-6-8-10(9)12(3)4;2*1-7(9(3)4)8(2)10(5)6;;;;;/h1-7,9-10H;4*1-6,8-10H;2-7H,1H3;5-8H,1-4H3;2*1-6H3;;;;;/q6*-1;;;;4*+1;+2/p+6. The Kier molecular flexibility index (Phi) is 50.2. The van der Waals surface area contributed by atoms with E-state index in [1.807, 2.05) is 286 Å². The van der Waals surface area contributed by atoms with Gasteiger partial charge in [0.2, 0.25) is 0 Å². The van der Waals surface area contributed by atoms with Gasteiger partial charge >= 0.3 is 99.0 Å². The fourth-order valence-electron chi connectivity index (χ4n) is 13.0. The molecule has 678 valence electrons. The number of aromatic nitrogens is 14. The summed E-state index contributed by atoms with van der Waals surface area (Å²) in [6, 6.07) is 122. The minimum Gasteiger partial charge on any atom is -0.421 e. The maximum absolute atomic E-state index is 4.33. The molecule has 133 heavy (non-hydrogen) atoms. The second-order valence-corrected chi connectivity index (χ2v) is 47.5. The maximum atomic E-state index is 4.33. The zero-order valence-electron chi connectivity index (χ0n) is 77.8. The van der Waals surface area contributed by atoms with Crippen LogP contribution in [0.15, 0.2) is 355 Å². The van der Waals surface area contributed by atoms with Crippen LogP contribution in [-0.2, 0) is 99.0 Å². The molecule has 0 fully saturated rings. The Balaban J connectivity index is 0.000000230. The van der Waals surface area contributed by atoms with Gasteiger partial charge in [0.05, 0.1) is 108 Å². The average Bonchev–Trinajstić information content (AvgIpc) is 1.77. The molecule has 0 N–H and O–H groups in total. The summed E-state index contributed by atoms with van der Waals surface area (Å²) >= 11 is 0. The number of pyridine rings is 1. The topological polar surface area (TPSA) is 182 Å². The number of allylic oxidation sites excluding steroid dienone is 4. The normalized spacial score (nSPS) is 10.8. The van der Waals surface area contributed by atoms with Gasteiger partial charge in [-0.2, -0.15) is 25.5 Å². The average molecular weight is 2740 g/mol. The van der Waals surface area contributed by atoms with Crippen molar-refractivity contribution in [3.05, 3.63) is 391 Å². The molecule has 0 spiro atoms. The number of hydrogen-bond acceptors (Lipinski definition) is 13. The van der Waals surface area contributed by atoms with Gasteiger partial charge in [-0.15, -0.1) is 173 Å². The minimum atomic E-state index is -0.261. The van der Waals surface area contributed by atoms with Gasteiger partial charge in [-0.05, 0) is 116 Å². The fraction of sp³-hybridized carbons (Fsp3) is 0.157. The molecule has 19 aromatic rings. The van der Waals surface area contributed by atoms with E-state index in [4.69, 9.17) is 0 Å². The van der Waals surface area contributed by atoms with Gasteiger partial charge in [0.15, 0.2) is 0 Å². The molecular weight excluding hydrogens is 2630 g/mol. The molecule has 0 aliphatic heterocycles. The Hall–Kier alpha value is -8.87. The van der Waals surface area contributed by atoms with E-state index < -0.39 is 0 Å². The summed E-state index contributed by atoms with van der Waals surface area (Å²) in [6.45, 7) is 39.5. The number of aryl methyl sites for hydroxylation is 1. The smallest absolute Gasteiger partial charge is 0.421 e. The summed E-state index contributed by atoms with van der Waals surface area (Å²) in [5.74, 6) is 1.26. The predicted molar refractivity (Wildman–Crippen MR) is 563 cm³/mol. The summed E-state index contributed by atoms with van der Waals surface area (Å²) in [4.78, 5) is 8.57. The SMILES string of the molecule is CC(=C(C)[PH+](C)C)[PH+](C)C.CC(=C(C)[PH+](C)C)[PH+](C)C.C[PH+](C)c1ccccc1[PH+](C)C.Cc1n[n-]c(-c2nccc3ccccc23)n1.[Os+2].[Os+].[Os+].[Os+].[Os+].[c-]1cc2ccccc2cc1-c1cccnn1.[c-]1ccccc1-c1cc2ccccc2nn1.[c-]1ccccc1-c1cc2ccccc2nn1.[c-]1ccccc1-c1cc2ccccc2nn1.[c-]1ccccc1-c1cc2ccccc2nn1. The molecule has 12 aromatic carbocycles. The van der Waals surface area contributed by atoms with Crippen LogP contribution in [0.5, 0.6) is 0 Å². The summed E-state index contributed by atoms with van der Waals surface area (Å²) in [5, 5.41) is 68.4. The summed E-state index contributed by atoms with van der Waals surface area (Å²) in [5.41, 5.74) is 13.6. The van der Waals surface area contributed by atoms with Crippen LogP contribution in [0.4, 0.5) is 0 Å². The number of hydrogen-bond donors (Lipinski definition) is 0. The Labute approximate surface area is 858 Å². The van der Waals surface area contributed by atoms with Crippen molar-refractivity contribution < 1.29 is 99.0 Å². The molecular formula is C108H112N14Os5P6+6. The molecule has 0 saturated carbocycles. The Bertz CT molecular complexity index is 6010. The third-order valence-electron chi connectivity index (χ3n) is 21.0. The molecule has 7 aromatic heterocycles. The molecule has 25 heteroatoms. The first kappa shape index (κ1) is 113. The van der Waals surface area contributed by atoms with Crippen LogP contribution in [0.25, 0.3) is 133 Å². The second kappa shape index (κ2) is 59.2. The van der Waals surface area contributed by atoms with Gasteiger partial charge in [-0.3, -0.25) is 10.1 Å². The van der Waals surface area contributed by atoms with Crippen molar-refractivity contribution in [2.75, 3.05) is 80.0 Å². The van der Waals surface area contributed by atoms with E-state index in [0.717, 1.165) is 116 Å². The molecule has 0 aliphatic rings. The maximum Gasteiger partial charge on any atom is 2.00 e. The van der Waals surface area contributed by atoms with E-state index in [9.17, 15) is 0 Å². The molecule has 19 rings (SSSR count). The fourth-order valence-corrected chi connectivity index (χ4v) is 22.6. The van der Waals surface area contributed by atoms with E-state index in [1.165, 1.54) is 10.8 Å². The minimum absolute atomic E-state index is 0. The van der Waals surface area contributed by atoms with Gasteiger partial charge in [0.25, 0.3) is 0 Å². The third-order valence-corrected chi connectivity index (χ3v) is 32.3. The largest absolute Gasteiger partial charge is 2.00 e. The van der Waals surface area contributed by atoms with Gasteiger partial charge in [0, 0.05) is 99.6 Å². The predicted octanol–water partition coefficient (Wildman–Crippen LogP) is 25.7. The number of fused-ring (bicyclic) bond motifs is 6. The van der Waals surface area contributed by atoms with Crippen LogP contribution in [0.2, 0.25) is 0 Å². The first-order valence-electron chi connectivity index (χ1n) is 42.5. The summed E-state index contributed by atoms with van der Waals surface area (Å²) in [6.07, 6.45) is 3.44. The van der Waals surface area contributed by atoms with Crippen molar-refractivity contribution >= 4 is 123 Å². The molecule has 0 bridgehead atoms. The first-order chi connectivity index (χ1) is 62.1. The Morgan fingerprint density at radius 2 is 0.609 bits per heavy atom. The number of nitrogens with zero attached hydrogens (tertiary/aromatic N) is 14. The van der Waals surface area contributed by atoms with E-state index in [1.54, 1.807) is 44.3 Å². The van der Waals surface area contributed by atoms with Gasteiger partial charge in [-0.25, -0.2) is 25.5 Å². The van der Waals surface area contributed by atoms with Crippen molar-refractivity contribution in [2.45, 2.75) is 34.6 Å². The number of rotatable bonds is 12. The molecule has 0 saturated heterocycles. The van der Waals surface area contributed by atoms with E-state index in [2.05, 4.69) is 252 Å². The van der Waals surface area contributed by atoms with E-state index >= 15 is 0 Å². The monoisotopic (exact) mass is 2750 g/mol. The summed E-state index contributed by atoms with van der Waals surface area (Å²) < 4.78 is 0. The molecule has 7 heterocycles. The van der Waals surface area contributed by atoms with Crippen molar-refractivity contribution in [1.82, 2.24) is 71.2 Å². The van der Waals surface area contributed by atoms with Crippen LogP contribution in [0, 0.1) is 37.3 Å². The zero-order valence-corrected chi connectivity index (χ0v) is 96.5. The van der Waals surface area contributed by atoms with Gasteiger partial charge < -0.3 is 10.1 Å². The number of benzene rings is 12. The van der Waals surface area contributed by atoms with Crippen LogP contribution in [0.1, 0.15) is 33.5 Å². The molecule has 0 unspecified atom stereocenters. The van der Waals surface area contributed by atoms with Crippen molar-refractivity contribution in [2.24, 2.45) is 0 Å². The second-order valence-electron chi connectivity index (χ2n) is 31.5. The van der Waals surface area contributed by atoms with Crippen molar-refractivity contribution in [3.8, 4) is 67.8 Å². The molecule has 14 nitrogen and oxygen atoms in total. The van der Waals surface area contributed by atoms with Crippen LogP contribution < -0.4 is 15.7 Å². The van der Waals surface area contributed by atoms with Crippen molar-refractivity contribution in [3.63, 3.8) is 0 Å². The summed E-state index contributed by atoms with van der Waals surface area (Å²) in [7, 11) is -1.13. The van der Waals surface area contributed by atoms with Crippen LogP contribution >= 0.6 is 47.5 Å². The van der Waals surface area contributed by atoms with E-state index in [0.29, 0.717) is 11.6 Å². The van der Waals surface area contributed by atoms with Crippen molar-refractivity contribution in [1.29, 1.82) is 0 Å². The van der Waals surface area contributed by atoms with Gasteiger partial charge in [0.1, 0.15) is 31.9 Å². The third kappa shape index (κ3) is 34.7. The molecule has 0 amide bonds. The molecule has 0 atom stereocenters. The van der Waals surface area contributed by atoms with Crippen LogP contribution in [0.3, 0.4) is 0 Å². The zero-order chi connectivity index (χ0) is 90.7.